The lowest BCUT2D eigenvalue weighted by Gasteiger charge is -2.32. The molecule has 1 aliphatic heterocycles. The average molecular weight is 479 g/mol. The van der Waals surface area contributed by atoms with Gasteiger partial charge in [-0.2, -0.15) is 0 Å². The molecule has 3 aromatic rings. The molecule has 2 aromatic heterocycles. The molecule has 0 bridgehead atoms. The molecule has 1 N–H and O–H groups in total. The van der Waals surface area contributed by atoms with Crippen molar-refractivity contribution >= 4 is 29.2 Å². The van der Waals surface area contributed by atoms with E-state index in [0.29, 0.717) is 29.5 Å². The second kappa shape index (κ2) is 9.32. The van der Waals surface area contributed by atoms with Crippen LogP contribution in [0.3, 0.4) is 0 Å². The summed E-state index contributed by atoms with van der Waals surface area (Å²) >= 11 is 6.09. The summed E-state index contributed by atoms with van der Waals surface area (Å²) in [7, 11) is 2.67. The summed E-state index contributed by atoms with van der Waals surface area (Å²) in [6.07, 6.45) is 0.930. The first kappa shape index (κ1) is 22.9. The van der Waals surface area contributed by atoms with Gasteiger partial charge in [0.15, 0.2) is 0 Å². The number of imidazole rings is 1. The lowest BCUT2D eigenvalue weighted by atomic mass is 10.0. The molecule has 2 amide bonds. The highest BCUT2D eigenvalue weighted by atomic mass is 35.5. The van der Waals surface area contributed by atoms with Gasteiger partial charge in [0, 0.05) is 42.9 Å². The Bertz CT molecular complexity index is 1210. The molecule has 3 heterocycles. The van der Waals surface area contributed by atoms with Crippen molar-refractivity contribution in [3.8, 4) is 11.3 Å². The molecule has 0 saturated carbocycles. The van der Waals surface area contributed by atoms with Crippen LogP contribution < -0.4 is 5.32 Å². The van der Waals surface area contributed by atoms with Gasteiger partial charge in [-0.05, 0) is 18.2 Å². The minimum atomic E-state index is -0.926. The van der Waals surface area contributed by atoms with Crippen molar-refractivity contribution < 1.29 is 27.8 Å². The van der Waals surface area contributed by atoms with Gasteiger partial charge in [0.25, 0.3) is 5.91 Å². The first-order valence-electron chi connectivity index (χ1n) is 10.1. The summed E-state index contributed by atoms with van der Waals surface area (Å²) in [4.78, 5) is 29.7. The highest BCUT2D eigenvalue weighted by Gasteiger charge is 2.29. The summed E-state index contributed by atoms with van der Waals surface area (Å²) in [6, 6.07) is 5.14. The number of amides is 2. The predicted octanol–water partition coefficient (Wildman–Crippen LogP) is 3.30. The molecule has 0 radical (unpaired) electrons. The minimum absolute atomic E-state index is 0.0644. The molecule has 1 fully saturated rings. The number of methoxy groups -OCH3 is 1. The van der Waals surface area contributed by atoms with E-state index >= 15 is 8.78 Å². The number of ether oxygens (including phenoxy) is 2. The maximum atomic E-state index is 15.1. The third-order valence-electron chi connectivity index (χ3n) is 5.45. The fraction of sp³-hybridized carbons (Fsp3) is 0.318. The van der Waals surface area contributed by atoms with Crippen LogP contribution in [0.5, 0.6) is 0 Å². The highest BCUT2D eigenvalue weighted by Crippen LogP contribution is 2.32. The molecule has 174 valence electrons. The van der Waals surface area contributed by atoms with E-state index in [1.807, 2.05) is 0 Å². The van der Waals surface area contributed by atoms with Gasteiger partial charge in [-0.25, -0.2) is 18.6 Å². The Morgan fingerprint density at radius 2 is 2.03 bits per heavy atom. The molecular weight excluding hydrogens is 458 g/mol. The Kier molecular flexibility index (Phi) is 6.48. The first-order valence-corrected chi connectivity index (χ1v) is 10.5. The number of aromatic nitrogens is 2. The summed E-state index contributed by atoms with van der Waals surface area (Å²) in [5.41, 5.74) is 0.424. The number of hydrogen-bond donors (Lipinski definition) is 1. The molecule has 0 aliphatic carbocycles. The van der Waals surface area contributed by atoms with Crippen LogP contribution in [0, 0.1) is 11.6 Å². The van der Waals surface area contributed by atoms with Crippen molar-refractivity contribution in [1.82, 2.24) is 19.6 Å². The van der Waals surface area contributed by atoms with Crippen molar-refractivity contribution in [1.29, 1.82) is 0 Å². The van der Waals surface area contributed by atoms with Crippen LogP contribution in [-0.4, -0.2) is 66.2 Å². The van der Waals surface area contributed by atoms with Gasteiger partial charge in [0.05, 0.1) is 43.3 Å². The molecule has 1 aliphatic rings. The van der Waals surface area contributed by atoms with Crippen molar-refractivity contribution in [2.45, 2.75) is 12.5 Å². The van der Waals surface area contributed by atoms with E-state index in [9.17, 15) is 9.59 Å². The topological polar surface area (TPSA) is 85.2 Å². The zero-order valence-corrected chi connectivity index (χ0v) is 18.7. The quantitative estimate of drug-likeness (QED) is 0.622. The fourth-order valence-electron chi connectivity index (χ4n) is 3.89. The number of rotatable bonds is 4. The van der Waals surface area contributed by atoms with Gasteiger partial charge in [-0.15, -0.1) is 0 Å². The van der Waals surface area contributed by atoms with Crippen LogP contribution in [0.4, 0.5) is 13.6 Å². The molecule has 0 unspecified atom stereocenters. The van der Waals surface area contributed by atoms with Crippen LogP contribution in [0.1, 0.15) is 16.1 Å². The first-order chi connectivity index (χ1) is 15.8. The normalized spacial score (nSPS) is 16.2. The van der Waals surface area contributed by atoms with Crippen molar-refractivity contribution in [3.05, 3.63) is 58.4 Å². The molecule has 1 aromatic carbocycles. The van der Waals surface area contributed by atoms with Crippen LogP contribution >= 0.6 is 11.6 Å². The summed E-state index contributed by atoms with van der Waals surface area (Å²) in [5, 5.41) is 2.75. The summed E-state index contributed by atoms with van der Waals surface area (Å²) in [5.74, 6) is -2.46. The third-order valence-corrected chi connectivity index (χ3v) is 5.68. The Morgan fingerprint density at radius 1 is 1.30 bits per heavy atom. The molecule has 4 rings (SSSR count). The number of morpholine rings is 1. The number of carbonyl (C=O) groups is 2. The molecule has 11 heteroatoms. The Hall–Kier alpha value is -3.24. The zero-order chi connectivity index (χ0) is 23.7. The van der Waals surface area contributed by atoms with Gasteiger partial charge in [-0.1, -0.05) is 11.6 Å². The largest absolute Gasteiger partial charge is 0.453 e. The Labute approximate surface area is 193 Å². The number of carbonyl (C=O) groups excluding carboxylic acids is 2. The number of hydrogen-bond acceptors (Lipinski definition) is 5. The maximum absolute atomic E-state index is 15.1. The minimum Gasteiger partial charge on any atom is -0.453 e. The fourth-order valence-corrected chi connectivity index (χ4v) is 4.05. The van der Waals surface area contributed by atoms with Gasteiger partial charge in [0.2, 0.25) is 0 Å². The lowest BCUT2D eigenvalue weighted by Crippen LogP contribution is -2.46. The van der Waals surface area contributed by atoms with Crippen LogP contribution in [0.2, 0.25) is 5.02 Å². The van der Waals surface area contributed by atoms with Gasteiger partial charge in [0.1, 0.15) is 17.3 Å². The average Bonchev–Trinajstić information content (AvgIpc) is 3.14. The van der Waals surface area contributed by atoms with Gasteiger partial charge >= 0.3 is 6.09 Å². The lowest BCUT2D eigenvalue weighted by molar-refractivity contribution is -0.0241. The van der Waals surface area contributed by atoms with Crippen LogP contribution in [0.25, 0.3) is 16.9 Å². The highest BCUT2D eigenvalue weighted by molar-refractivity contribution is 6.30. The third kappa shape index (κ3) is 4.49. The number of fused-ring (bicyclic) bond motifs is 1. The monoisotopic (exact) mass is 478 g/mol. The summed E-state index contributed by atoms with van der Waals surface area (Å²) in [6.45, 7) is 0.914. The standard InChI is InChI=1S/C22H21ClF2N4O4/c1-26-21(30)12-7-15(24)19(16(25)8-12)20-17(29-4-3-13(23)9-18(29)27-20)10-14-11-28(5-6-33-14)22(31)32-2/h3-4,7-9,14H,5-6,10-11H2,1-2H3,(H,26,30)/t14-/m0/s1. The number of benzene rings is 1. The molecule has 8 nitrogen and oxygen atoms in total. The van der Waals surface area contributed by atoms with E-state index in [1.165, 1.54) is 19.1 Å². The molecular formula is C22H21ClF2N4O4. The van der Waals surface area contributed by atoms with E-state index in [2.05, 4.69) is 10.3 Å². The maximum Gasteiger partial charge on any atom is 0.409 e. The zero-order valence-electron chi connectivity index (χ0n) is 17.9. The van der Waals surface area contributed by atoms with Gasteiger partial charge in [-0.3, -0.25) is 4.79 Å². The van der Waals surface area contributed by atoms with E-state index in [-0.39, 0.29) is 29.8 Å². The number of halogens is 3. The van der Waals surface area contributed by atoms with Crippen molar-refractivity contribution in [2.75, 3.05) is 33.9 Å². The van der Waals surface area contributed by atoms with Crippen molar-refractivity contribution in [3.63, 3.8) is 0 Å². The predicted molar refractivity (Wildman–Crippen MR) is 116 cm³/mol. The Morgan fingerprint density at radius 3 is 2.70 bits per heavy atom. The number of nitrogens with one attached hydrogen (secondary N) is 1. The molecule has 33 heavy (non-hydrogen) atoms. The second-order valence-electron chi connectivity index (χ2n) is 7.49. The smallest absolute Gasteiger partial charge is 0.409 e. The molecule has 1 saturated heterocycles. The number of nitrogens with zero attached hydrogens (tertiary/aromatic N) is 3. The molecule has 0 spiro atoms. The van der Waals surface area contributed by atoms with Crippen LogP contribution in [0.15, 0.2) is 30.5 Å². The van der Waals surface area contributed by atoms with Crippen molar-refractivity contribution in [2.24, 2.45) is 0 Å². The Balaban J connectivity index is 1.79. The van der Waals surface area contributed by atoms with E-state index < -0.39 is 29.7 Å². The van der Waals surface area contributed by atoms with Gasteiger partial charge < -0.3 is 24.1 Å². The van der Waals surface area contributed by atoms with E-state index in [4.69, 9.17) is 21.1 Å². The molecule has 1 atom stereocenters. The second-order valence-corrected chi connectivity index (χ2v) is 7.92. The van der Waals surface area contributed by atoms with E-state index in [1.54, 1.807) is 22.7 Å². The number of pyridine rings is 1. The SMILES string of the molecule is CNC(=O)c1cc(F)c(-c2nc3cc(Cl)ccn3c2C[C@H]2CN(C(=O)OC)CCO2)c(F)c1. The summed E-state index contributed by atoms with van der Waals surface area (Å²) < 4.78 is 42.4. The van der Waals surface area contributed by atoms with E-state index in [0.717, 1.165) is 12.1 Å². The van der Waals surface area contributed by atoms with Crippen LogP contribution in [-0.2, 0) is 15.9 Å².